The molecule has 0 unspecified atom stereocenters. The molecule has 10 heteroatoms. The highest BCUT2D eigenvalue weighted by Gasteiger charge is 2.30. The van der Waals surface area contributed by atoms with Crippen LogP contribution in [0, 0.1) is 5.92 Å². The van der Waals surface area contributed by atoms with E-state index >= 15 is 0 Å². The summed E-state index contributed by atoms with van der Waals surface area (Å²) in [5.41, 5.74) is 1.61. The molecule has 2 aliphatic rings. The maximum absolute atomic E-state index is 13.2. The zero-order chi connectivity index (χ0) is 29.5. The molecule has 3 aromatic rings. The number of phenolic OH excluding ortho intramolecular Hbond substituents is 1. The topological polar surface area (TPSA) is 146 Å². The first-order chi connectivity index (χ1) is 19.6. The Balaban J connectivity index is 1.64. The van der Waals surface area contributed by atoms with E-state index in [1.807, 2.05) is 30.3 Å². The fourth-order valence-electron chi connectivity index (χ4n) is 4.36. The number of aromatic hydroxyl groups is 1. The number of hydrogen-bond donors (Lipinski definition) is 5. The summed E-state index contributed by atoms with van der Waals surface area (Å²) in [5.74, 6) is -2.02. The Bertz CT molecular complexity index is 1410. The summed E-state index contributed by atoms with van der Waals surface area (Å²) in [6.07, 6.45) is 0.196. The molecule has 3 atom stereocenters. The third-order valence-electron chi connectivity index (χ3n) is 6.74. The molecule has 4 bridgehead atoms. The molecule has 3 aromatic carbocycles. The number of ether oxygens (including phenoxy) is 1. The second-order valence-electron chi connectivity index (χ2n) is 10.3. The first-order valence-electron chi connectivity index (χ1n) is 13.4. The standard InChI is InChI=1S/C31H34N4O6/c1-18(2)27-31(40)33-19(3)28(37)34-25(30(39)32-17-21-7-5-4-6-8-21)15-20-9-11-22(12-10-20)41-23-13-14-26(36)24(16-23)29(38)35-27/h4-14,16,18-19,25,27,36H,15,17H2,1-3H3,(H,32,39)(H,33,40)(H,34,37)(H,35,38)/t19-,25-,27-/m0/s1. The van der Waals surface area contributed by atoms with Gasteiger partial charge in [0.2, 0.25) is 17.7 Å². The molecule has 2 aliphatic heterocycles. The molecule has 0 radical (unpaired) electrons. The average molecular weight is 559 g/mol. The van der Waals surface area contributed by atoms with E-state index in [1.54, 1.807) is 38.1 Å². The molecule has 4 amide bonds. The van der Waals surface area contributed by atoms with Crippen LogP contribution in [0.25, 0.3) is 0 Å². The highest BCUT2D eigenvalue weighted by Crippen LogP contribution is 2.28. The van der Waals surface area contributed by atoms with Gasteiger partial charge in [0.05, 0.1) is 5.56 Å². The van der Waals surface area contributed by atoms with E-state index in [9.17, 15) is 24.3 Å². The average Bonchev–Trinajstić information content (AvgIpc) is 2.95. The fourth-order valence-corrected chi connectivity index (χ4v) is 4.36. The monoisotopic (exact) mass is 558 g/mol. The van der Waals surface area contributed by atoms with Crippen molar-refractivity contribution in [2.75, 3.05) is 0 Å². The first kappa shape index (κ1) is 29.1. The quantitative estimate of drug-likeness (QED) is 0.311. The summed E-state index contributed by atoms with van der Waals surface area (Å²) in [4.78, 5) is 52.6. The van der Waals surface area contributed by atoms with Crippen LogP contribution in [-0.4, -0.2) is 46.9 Å². The maximum atomic E-state index is 13.2. The summed E-state index contributed by atoms with van der Waals surface area (Å²) >= 11 is 0. The number of benzene rings is 3. The molecule has 0 aromatic heterocycles. The lowest BCUT2D eigenvalue weighted by Crippen LogP contribution is -2.57. The largest absolute Gasteiger partial charge is 0.507 e. The van der Waals surface area contributed by atoms with Crippen molar-refractivity contribution in [1.82, 2.24) is 21.3 Å². The van der Waals surface area contributed by atoms with Gasteiger partial charge in [-0.3, -0.25) is 19.2 Å². The Hall–Kier alpha value is -4.86. The van der Waals surface area contributed by atoms with Crippen LogP contribution < -0.4 is 26.0 Å². The van der Waals surface area contributed by atoms with E-state index in [4.69, 9.17) is 4.74 Å². The van der Waals surface area contributed by atoms with Crippen LogP contribution in [0.1, 0.15) is 42.3 Å². The summed E-state index contributed by atoms with van der Waals surface area (Å²) < 4.78 is 5.89. The van der Waals surface area contributed by atoms with E-state index in [0.29, 0.717) is 11.5 Å². The Morgan fingerprint density at radius 2 is 1.61 bits per heavy atom. The van der Waals surface area contributed by atoms with E-state index in [1.165, 1.54) is 25.1 Å². The highest BCUT2D eigenvalue weighted by molar-refractivity contribution is 6.00. The third-order valence-corrected chi connectivity index (χ3v) is 6.74. The van der Waals surface area contributed by atoms with Crippen molar-refractivity contribution in [1.29, 1.82) is 0 Å². The SMILES string of the molecule is CC(C)[C@@H]1NC(=O)c2cc(ccc2O)Oc2ccc(cc2)C[C@@H](C(=O)NCc2ccccc2)NC(=O)[C@H](C)NC1=O. The molecule has 214 valence electrons. The smallest absolute Gasteiger partial charge is 0.255 e. The van der Waals surface area contributed by atoms with Gasteiger partial charge in [-0.05, 0) is 54.3 Å². The highest BCUT2D eigenvalue weighted by atomic mass is 16.5. The van der Waals surface area contributed by atoms with Gasteiger partial charge in [-0.25, -0.2) is 0 Å². The minimum absolute atomic E-state index is 0.0613. The van der Waals surface area contributed by atoms with Crippen molar-refractivity contribution in [2.45, 2.75) is 51.9 Å². The first-order valence-corrected chi connectivity index (χ1v) is 13.4. The van der Waals surface area contributed by atoms with Gasteiger partial charge in [0, 0.05) is 13.0 Å². The van der Waals surface area contributed by atoms with Crippen LogP contribution in [0.4, 0.5) is 0 Å². The molecule has 0 saturated heterocycles. The van der Waals surface area contributed by atoms with Crippen LogP contribution >= 0.6 is 0 Å². The van der Waals surface area contributed by atoms with Crippen LogP contribution in [0.3, 0.4) is 0 Å². The number of phenols is 1. The molecular weight excluding hydrogens is 524 g/mol. The van der Waals surface area contributed by atoms with Gasteiger partial charge in [-0.1, -0.05) is 56.3 Å². The minimum Gasteiger partial charge on any atom is -0.507 e. The van der Waals surface area contributed by atoms with Gasteiger partial charge >= 0.3 is 0 Å². The molecule has 2 heterocycles. The number of nitrogens with one attached hydrogen (secondary N) is 4. The van der Waals surface area contributed by atoms with Crippen LogP contribution in [-0.2, 0) is 27.3 Å². The van der Waals surface area contributed by atoms with Crippen molar-refractivity contribution in [2.24, 2.45) is 5.92 Å². The minimum atomic E-state index is -1.00. The fraction of sp³-hybridized carbons (Fsp3) is 0.290. The van der Waals surface area contributed by atoms with Gasteiger partial charge in [0.1, 0.15) is 35.4 Å². The predicted octanol–water partition coefficient (Wildman–Crippen LogP) is 2.80. The lowest BCUT2D eigenvalue weighted by atomic mass is 10.0. The lowest BCUT2D eigenvalue weighted by molar-refractivity contribution is -0.132. The summed E-state index contributed by atoms with van der Waals surface area (Å²) in [6.45, 7) is 5.29. The molecular formula is C31H34N4O6. The van der Waals surface area contributed by atoms with E-state index < -0.39 is 35.8 Å². The molecule has 10 nitrogen and oxygen atoms in total. The van der Waals surface area contributed by atoms with Crippen molar-refractivity contribution in [3.8, 4) is 17.2 Å². The molecule has 0 spiro atoms. The molecule has 0 saturated carbocycles. The van der Waals surface area contributed by atoms with E-state index in [0.717, 1.165) is 11.1 Å². The number of amides is 4. The van der Waals surface area contributed by atoms with Crippen molar-refractivity contribution in [3.63, 3.8) is 0 Å². The van der Waals surface area contributed by atoms with Gasteiger partial charge < -0.3 is 31.1 Å². The normalized spacial score (nSPS) is 19.7. The molecule has 5 N–H and O–H groups in total. The Morgan fingerprint density at radius 3 is 2.29 bits per heavy atom. The van der Waals surface area contributed by atoms with Crippen LogP contribution in [0.15, 0.2) is 72.8 Å². The van der Waals surface area contributed by atoms with Crippen molar-refractivity contribution in [3.05, 3.63) is 89.5 Å². The number of fused-ring (bicyclic) bond motifs is 11. The maximum Gasteiger partial charge on any atom is 0.255 e. The number of carbonyl (C=O) groups excluding carboxylic acids is 4. The lowest BCUT2D eigenvalue weighted by Gasteiger charge is -2.25. The van der Waals surface area contributed by atoms with Gasteiger partial charge in [0.25, 0.3) is 5.91 Å². The van der Waals surface area contributed by atoms with Crippen LogP contribution in [0.5, 0.6) is 17.2 Å². The zero-order valence-corrected chi connectivity index (χ0v) is 23.1. The Morgan fingerprint density at radius 1 is 0.927 bits per heavy atom. The second kappa shape index (κ2) is 13.0. The number of carbonyl (C=O) groups is 4. The Labute approximate surface area is 238 Å². The summed E-state index contributed by atoms with van der Waals surface area (Å²) in [7, 11) is 0. The van der Waals surface area contributed by atoms with Gasteiger partial charge in [0.15, 0.2) is 0 Å². The molecule has 0 fully saturated rings. The summed E-state index contributed by atoms with van der Waals surface area (Å²) in [5, 5.41) is 21.2. The molecule has 41 heavy (non-hydrogen) atoms. The second-order valence-corrected chi connectivity index (χ2v) is 10.3. The Kier molecular flexibility index (Phi) is 9.23. The van der Waals surface area contributed by atoms with Crippen molar-refractivity contribution < 1.29 is 29.0 Å². The summed E-state index contributed by atoms with van der Waals surface area (Å²) in [6, 6.07) is 17.7. The number of rotatable bonds is 4. The van der Waals surface area contributed by atoms with E-state index in [2.05, 4.69) is 21.3 Å². The van der Waals surface area contributed by atoms with Gasteiger partial charge in [-0.15, -0.1) is 0 Å². The van der Waals surface area contributed by atoms with Gasteiger partial charge in [-0.2, -0.15) is 0 Å². The zero-order valence-electron chi connectivity index (χ0n) is 23.1. The molecule has 0 aliphatic carbocycles. The predicted molar refractivity (Wildman–Crippen MR) is 152 cm³/mol. The van der Waals surface area contributed by atoms with E-state index in [-0.39, 0.29) is 36.1 Å². The van der Waals surface area contributed by atoms with Crippen LogP contribution in [0.2, 0.25) is 0 Å². The number of hydrogen-bond acceptors (Lipinski definition) is 6. The molecule has 5 rings (SSSR count). The third kappa shape index (κ3) is 7.63. The van der Waals surface area contributed by atoms with Crippen molar-refractivity contribution >= 4 is 23.6 Å².